The predicted octanol–water partition coefficient (Wildman–Crippen LogP) is 4.46. The molecule has 0 saturated carbocycles. The van der Waals surface area contributed by atoms with E-state index in [4.69, 9.17) is 4.74 Å². The van der Waals surface area contributed by atoms with Crippen LogP contribution in [-0.2, 0) is 16.6 Å². The molecule has 6 heteroatoms. The molecule has 0 aliphatic heterocycles. The fourth-order valence-corrected chi connectivity index (χ4v) is 2.95. The minimum absolute atomic E-state index is 0.0245. The van der Waals surface area contributed by atoms with Crippen LogP contribution in [0, 0.1) is 0 Å². The number of rotatable bonds is 9. The van der Waals surface area contributed by atoms with Gasteiger partial charge >= 0.3 is 11.9 Å². The standard InChI is InChI=1S/C23H27NO5/c1-23(2,3)19-14-17(20(21(26)27)18(15-25)24-19)12-8-5-9-13-29-22(28)16-10-6-4-7-11-16/h4,6-7,10-11,14-15H,5,8-9,12-13H2,1-3H3,(H,26,27). The molecule has 6 nitrogen and oxygen atoms in total. The number of pyridine rings is 1. The lowest BCUT2D eigenvalue weighted by Crippen LogP contribution is -2.19. The Bertz CT molecular complexity index is 869. The van der Waals surface area contributed by atoms with Crippen molar-refractivity contribution in [3.63, 3.8) is 0 Å². The van der Waals surface area contributed by atoms with E-state index in [1.165, 1.54) is 0 Å². The highest BCUT2D eigenvalue weighted by molar-refractivity contribution is 5.97. The molecule has 0 saturated heterocycles. The Labute approximate surface area is 170 Å². The van der Waals surface area contributed by atoms with E-state index in [1.54, 1.807) is 30.3 Å². The maximum Gasteiger partial charge on any atom is 0.338 e. The van der Waals surface area contributed by atoms with Crippen LogP contribution < -0.4 is 0 Å². The zero-order chi connectivity index (χ0) is 21.4. The van der Waals surface area contributed by atoms with Crippen LogP contribution in [0.25, 0.3) is 0 Å². The molecule has 0 amide bonds. The quantitative estimate of drug-likeness (QED) is 0.381. The Morgan fingerprint density at radius 3 is 2.38 bits per heavy atom. The maximum absolute atomic E-state index is 11.9. The lowest BCUT2D eigenvalue weighted by Gasteiger charge is -2.20. The first-order valence-electron chi connectivity index (χ1n) is 9.69. The second-order valence-corrected chi connectivity index (χ2v) is 7.91. The zero-order valence-corrected chi connectivity index (χ0v) is 17.1. The number of carbonyl (C=O) groups excluding carboxylic acids is 2. The van der Waals surface area contributed by atoms with Crippen molar-refractivity contribution in [1.29, 1.82) is 0 Å². The largest absolute Gasteiger partial charge is 0.478 e. The van der Waals surface area contributed by atoms with Crippen LogP contribution in [0.4, 0.5) is 0 Å². The number of aromatic carboxylic acids is 1. The molecule has 0 fully saturated rings. The van der Waals surface area contributed by atoms with Crippen LogP contribution in [0.1, 0.15) is 82.5 Å². The normalized spacial score (nSPS) is 11.1. The molecule has 154 valence electrons. The third-order valence-electron chi connectivity index (χ3n) is 4.56. The number of unbranched alkanes of at least 4 members (excludes halogenated alkanes) is 2. The molecule has 0 aliphatic rings. The highest BCUT2D eigenvalue weighted by Gasteiger charge is 2.23. The summed E-state index contributed by atoms with van der Waals surface area (Å²) in [7, 11) is 0. The van der Waals surface area contributed by atoms with Gasteiger partial charge in [-0.3, -0.25) is 4.79 Å². The molecule has 2 aromatic rings. The van der Waals surface area contributed by atoms with Gasteiger partial charge in [0.25, 0.3) is 0 Å². The van der Waals surface area contributed by atoms with Crippen molar-refractivity contribution in [1.82, 2.24) is 4.98 Å². The number of carboxylic acids is 1. The molecule has 1 aromatic heterocycles. The number of aldehydes is 1. The molecule has 1 aromatic carbocycles. The number of carboxylic acid groups (broad SMARTS) is 1. The maximum atomic E-state index is 11.9. The van der Waals surface area contributed by atoms with Crippen molar-refractivity contribution in [3.05, 3.63) is 64.5 Å². The van der Waals surface area contributed by atoms with Gasteiger partial charge in [-0.15, -0.1) is 0 Å². The fourth-order valence-electron chi connectivity index (χ4n) is 2.95. The monoisotopic (exact) mass is 397 g/mol. The van der Waals surface area contributed by atoms with Crippen molar-refractivity contribution in [2.75, 3.05) is 6.61 Å². The molecule has 2 rings (SSSR count). The number of ether oxygens (including phenoxy) is 1. The molecule has 1 heterocycles. The van der Waals surface area contributed by atoms with E-state index in [9.17, 15) is 19.5 Å². The predicted molar refractivity (Wildman–Crippen MR) is 110 cm³/mol. The van der Waals surface area contributed by atoms with E-state index in [0.717, 1.165) is 12.8 Å². The number of benzene rings is 1. The highest BCUT2D eigenvalue weighted by atomic mass is 16.5. The number of aryl methyl sites for hydroxylation is 1. The molecule has 0 unspecified atom stereocenters. The summed E-state index contributed by atoms with van der Waals surface area (Å²) in [6.07, 6.45) is 3.18. The number of hydrogen-bond acceptors (Lipinski definition) is 5. The summed E-state index contributed by atoms with van der Waals surface area (Å²) in [4.78, 5) is 39.2. The van der Waals surface area contributed by atoms with Crippen LogP contribution in [-0.4, -0.2) is 34.9 Å². The summed E-state index contributed by atoms with van der Waals surface area (Å²) in [5, 5.41) is 9.52. The third-order valence-corrected chi connectivity index (χ3v) is 4.56. The lowest BCUT2D eigenvalue weighted by molar-refractivity contribution is 0.0497. The van der Waals surface area contributed by atoms with Crippen LogP contribution in [0.3, 0.4) is 0 Å². The van der Waals surface area contributed by atoms with Gasteiger partial charge < -0.3 is 9.84 Å². The first kappa shape index (κ1) is 22.3. The van der Waals surface area contributed by atoms with Crippen molar-refractivity contribution < 1.29 is 24.2 Å². The van der Waals surface area contributed by atoms with E-state index in [2.05, 4.69) is 4.98 Å². The van der Waals surface area contributed by atoms with E-state index in [1.807, 2.05) is 26.8 Å². The summed E-state index contributed by atoms with van der Waals surface area (Å²) in [5.74, 6) is -1.50. The summed E-state index contributed by atoms with van der Waals surface area (Å²) >= 11 is 0. The highest BCUT2D eigenvalue weighted by Crippen LogP contribution is 2.25. The van der Waals surface area contributed by atoms with E-state index < -0.39 is 5.97 Å². The van der Waals surface area contributed by atoms with Crippen LogP contribution in [0.5, 0.6) is 0 Å². The average Bonchev–Trinajstić information content (AvgIpc) is 2.69. The van der Waals surface area contributed by atoms with Gasteiger partial charge in [-0.1, -0.05) is 39.0 Å². The van der Waals surface area contributed by atoms with Gasteiger partial charge in [-0.25, -0.2) is 14.6 Å². The summed E-state index contributed by atoms with van der Waals surface area (Å²) in [5.41, 5.74) is 1.47. The smallest absolute Gasteiger partial charge is 0.338 e. The Morgan fingerprint density at radius 1 is 1.10 bits per heavy atom. The van der Waals surface area contributed by atoms with Gasteiger partial charge in [0.15, 0.2) is 6.29 Å². The molecule has 0 aliphatic carbocycles. The van der Waals surface area contributed by atoms with Gasteiger partial charge in [0.2, 0.25) is 0 Å². The van der Waals surface area contributed by atoms with Crippen LogP contribution in [0.2, 0.25) is 0 Å². The van der Waals surface area contributed by atoms with Crippen molar-refractivity contribution >= 4 is 18.2 Å². The molecule has 0 radical (unpaired) electrons. The molecule has 0 bridgehead atoms. The number of aromatic nitrogens is 1. The SMILES string of the molecule is CC(C)(C)c1cc(CCCCCOC(=O)c2ccccc2)c(C(=O)O)c(C=O)n1. The van der Waals surface area contributed by atoms with E-state index >= 15 is 0 Å². The first-order chi connectivity index (χ1) is 13.7. The van der Waals surface area contributed by atoms with E-state index in [-0.39, 0.29) is 22.6 Å². The molecular weight excluding hydrogens is 370 g/mol. The topological polar surface area (TPSA) is 93.6 Å². The Hall–Kier alpha value is -3.02. The third kappa shape index (κ3) is 6.24. The molecular formula is C23H27NO5. The van der Waals surface area contributed by atoms with Crippen LogP contribution in [0.15, 0.2) is 36.4 Å². The number of hydrogen-bond donors (Lipinski definition) is 1. The average molecular weight is 397 g/mol. The Kier molecular flexibility index (Phi) is 7.65. The summed E-state index contributed by atoms with van der Waals surface area (Å²) in [6, 6.07) is 10.6. The number of carbonyl (C=O) groups is 3. The second-order valence-electron chi connectivity index (χ2n) is 7.91. The van der Waals surface area contributed by atoms with Crippen molar-refractivity contribution in [2.45, 2.75) is 51.9 Å². The second kappa shape index (κ2) is 9.96. The summed E-state index contributed by atoms with van der Waals surface area (Å²) in [6.45, 7) is 6.21. The number of esters is 1. The van der Waals surface area contributed by atoms with Gasteiger partial charge in [0, 0.05) is 11.1 Å². The van der Waals surface area contributed by atoms with Gasteiger partial charge in [0.05, 0.1) is 17.7 Å². The minimum Gasteiger partial charge on any atom is -0.478 e. The van der Waals surface area contributed by atoms with Gasteiger partial charge in [0.1, 0.15) is 5.69 Å². The number of nitrogens with zero attached hydrogens (tertiary/aromatic N) is 1. The Balaban J connectivity index is 1.94. The fraction of sp³-hybridized carbons (Fsp3) is 0.391. The molecule has 29 heavy (non-hydrogen) atoms. The van der Waals surface area contributed by atoms with Gasteiger partial charge in [-0.05, 0) is 49.4 Å². The minimum atomic E-state index is -1.15. The van der Waals surface area contributed by atoms with E-state index in [0.29, 0.717) is 42.6 Å². The molecule has 0 atom stereocenters. The van der Waals surface area contributed by atoms with Crippen LogP contribution >= 0.6 is 0 Å². The van der Waals surface area contributed by atoms with Crippen molar-refractivity contribution in [3.8, 4) is 0 Å². The first-order valence-corrected chi connectivity index (χ1v) is 9.69. The Morgan fingerprint density at radius 2 is 1.79 bits per heavy atom. The lowest BCUT2D eigenvalue weighted by atomic mass is 9.88. The summed E-state index contributed by atoms with van der Waals surface area (Å²) < 4.78 is 5.25. The molecule has 0 spiro atoms. The van der Waals surface area contributed by atoms with Crippen molar-refractivity contribution in [2.24, 2.45) is 0 Å². The van der Waals surface area contributed by atoms with Gasteiger partial charge in [-0.2, -0.15) is 0 Å². The molecule has 1 N–H and O–H groups in total. The zero-order valence-electron chi connectivity index (χ0n) is 17.1.